The van der Waals surface area contributed by atoms with Crippen LogP contribution in [0.2, 0.25) is 5.02 Å². The Kier molecular flexibility index (Phi) is 5.31. The van der Waals surface area contributed by atoms with Crippen LogP contribution in [-0.4, -0.2) is 33.4 Å². The average Bonchev–Trinajstić information content (AvgIpc) is 2.89. The molecule has 7 heteroatoms. The lowest BCUT2D eigenvalue weighted by atomic mass is 10.1. The Morgan fingerprint density at radius 3 is 3.00 bits per heavy atom. The van der Waals surface area contributed by atoms with Crippen LogP contribution in [-0.2, 0) is 11.3 Å². The number of nitrogen functional groups attached to an aromatic ring is 1. The second-order valence-electron chi connectivity index (χ2n) is 4.42. The minimum Gasteiger partial charge on any atom is -0.398 e. The van der Waals surface area contributed by atoms with Gasteiger partial charge in [0.05, 0.1) is 13.2 Å². The maximum absolute atomic E-state index is 5.99. The van der Waals surface area contributed by atoms with Crippen molar-refractivity contribution in [1.29, 1.82) is 0 Å². The number of hydrogen-bond donors (Lipinski definition) is 1. The van der Waals surface area contributed by atoms with Gasteiger partial charge in [-0.05, 0) is 35.0 Å². The van der Waals surface area contributed by atoms with E-state index in [-0.39, 0.29) is 0 Å². The molecule has 0 aliphatic rings. The summed E-state index contributed by atoms with van der Waals surface area (Å²) in [5, 5.41) is 12.3. The van der Waals surface area contributed by atoms with E-state index in [0.29, 0.717) is 29.7 Å². The molecule has 0 unspecified atom stereocenters. The quantitative estimate of drug-likeness (QED) is 0.627. The van der Waals surface area contributed by atoms with Crippen LogP contribution < -0.4 is 5.73 Å². The molecule has 0 fully saturated rings. The fourth-order valence-corrected chi connectivity index (χ4v) is 1.94. The maximum Gasteiger partial charge on any atom is 0.184 e. The summed E-state index contributed by atoms with van der Waals surface area (Å²) in [7, 11) is 0. The third-order valence-corrected chi connectivity index (χ3v) is 3.11. The van der Waals surface area contributed by atoms with Gasteiger partial charge in [-0.1, -0.05) is 24.9 Å². The van der Waals surface area contributed by atoms with Gasteiger partial charge in [0.25, 0.3) is 0 Å². The maximum atomic E-state index is 5.99. The van der Waals surface area contributed by atoms with E-state index in [9.17, 15) is 0 Å². The van der Waals surface area contributed by atoms with E-state index in [1.165, 1.54) is 0 Å². The van der Waals surface area contributed by atoms with Crippen molar-refractivity contribution in [2.75, 3.05) is 18.9 Å². The molecule has 0 atom stereocenters. The van der Waals surface area contributed by atoms with Crippen LogP contribution >= 0.6 is 11.6 Å². The monoisotopic (exact) mass is 295 g/mol. The minimum absolute atomic E-state index is 0.568. The Bertz CT molecular complexity index is 557. The standard InChI is InChI=1S/C13H18ClN5O/c1-2-3-7-20-8-6-19-13(16-17-18-19)11-9-10(14)4-5-12(11)15/h4-5,9H,2-3,6-8,15H2,1H3. The first-order chi connectivity index (χ1) is 9.72. The van der Waals surface area contributed by atoms with Gasteiger partial charge in [-0.15, -0.1) is 5.10 Å². The number of rotatable bonds is 7. The van der Waals surface area contributed by atoms with Gasteiger partial charge in [-0.2, -0.15) is 0 Å². The normalized spacial score (nSPS) is 10.9. The van der Waals surface area contributed by atoms with E-state index in [0.717, 1.165) is 25.0 Å². The molecular weight excluding hydrogens is 278 g/mol. The highest BCUT2D eigenvalue weighted by Gasteiger charge is 2.12. The Balaban J connectivity index is 2.06. The minimum atomic E-state index is 0.568. The lowest BCUT2D eigenvalue weighted by molar-refractivity contribution is 0.121. The third-order valence-electron chi connectivity index (χ3n) is 2.88. The first-order valence-electron chi connectivity index (χ1n) is 6.61. The molecule has 0 aliphatic heterocycles. The largest absolute Gasteiger partial charge is 0.398 e. The number of nitrogens with two attached hydrogens (primary N) is 1. The van der Waals surface area contributed by atoms with Crippen molar-refractivity contribution in [2.45, 2.75) is 26.3 Å². The van der Waals surface area contributed by atoms with Crippen molar-refractivity contribution < 1.29 is 4.74 Å². The van der Waals surface area contributed by atoms with E-state index < -0.39 is 0 Å². The van der Waals surface area contributed by atoms with Crippen molar-refractivity contribution in [3.05, 3.63) is 23.2 Å². The zero-order chi connectivity index (χ0) is 14.4. The fourth-order valence-electron chi connectivity index (χ4n) is 1.77. The van der Waals surface area contributed by atoms with Gasteiger partial charge in [0.2, 0.25) is 0 Å². The molecule has 108 valence electrons. The van der Waals surface area contributed by atoms with Gasteiger partial charge in [0.15, 0.2) is 5.82 Å². The Morgan fingerprint density at radius 1 is 1.35 bits per heavy atom. The molecule has 0 spiro atoms. The van der Waals surface area contributed by atoms with Crippen molar-refractivity contribution in [3.63, 3.8) is 0 Å². The molecule has 0 saturated heterocycles. The molecule has 0 saturated carbocycles. The summed E-state index contributed by atoms with van der Waals surface area (Å²) in [6, 6.07) is 5.24. The van der Waals surface area contributed by atoms with Crippen molar-refractivity contribution in [2.24, 2.45) is 0 Å². The Hall–Kier alpha value is -1.66. The Labute approximate surface area is 122 Å². The van der Waals surface area contributed by atoms with Crippen LogP contribution in [0.15, 0.2) is 18.2 Å². The van der Waals surface area contributed by atoms with Gasteiger partial charge in [-0.3, -0.25) is 0 Å². The molecule has 1 aromatic heterocycles. The molecule has 0 bridgehead atoms. The van der Waals surface area contributed by atoms with E-state index in [1.807, 2.05) is 0 Å². The Morgan fingerprint density at radius 2 is 2.20 bits per heavy atom. The number of halogens is 1. The fraction of sp³-hybridized carbons (Fsp3) is 0.462. The van der Waals surface area contributed by atoms with E-state index in [2.05, 4.69) is 22.4 Å². The van der Waals surface area contributed by atoms with Crippen LogP contribution in [0.4, 0.5) is 5.69 Å². The zero-order valence-corrected chi connectivity index (χ0v) is 12.2. The lowest BCUT2D eigenvalue weighted by Gasteiger charge is -2.08. The SMILES string of the molecule is CCCCOCCn1nnnc1-c1cc(Cl)ccc1N. The average molecular weight is 296 g/mol. The highest BCUT2D eigenvalue weighted by Crippen LogP contribution is 2.26. The molecule has 0 radical (unpaired) electrons. The molecule has 2 aromatic rings. The van der Waals surface area contributed by atoms with E-state index >= 15 is 0 Å². The molecule has 1 aromatic carbocycles. The van der Waals surface area contributed by atoms with Crippen molar-refractivity contribution >= 4 is 17.3 Å². The third kappa shape index (κ3) is 3.68. The van der Waals surface area contributed by atoms with Crippen LogP contribution in [0.25, 0.3) is 11.4 Å². The summed E-state index contributed by atoms with van der Waals surface area (Å²) < 4.78 is 7.19. The molecule has 20 heavy (non-hydrogen) atoms. The molecule has 0 amide bonds. The van der Waals surface area contributed by atoms with Gasteiger partial charge >= 0.3 is 0 Å². The summed E-state index contributed by atoms with van der Waals surface area (Å²) in [6.07, 6.45) is 2.18. The van der Waals surface area contributed by atoms with Gasteiger partial charge in [-0.25, -0.2) is 4.68 Å². The highest BCUT2D eigenvalue weighted by molar-refractivity contribution is 6.31. The number of aromatic nitrogens is 4. The van der Waals surface area contributed by atoms with E-state index in [1.54, 1.807) is 22.9 Å². The topological polar surface area (TPSA) is 78.8 Å². The first-order valence-corrected chi connectivity index (χ1v) is 6.99. The zero-order valence-electron chi connectivity index (χ0n) is 11.4. The van der Waals surface area contributed by atoms with Crippen LogP contribution in [0.1, 0.15) is 19.8 Å². The number of ether oxygens (including phenoxy) is 1. The molecule has 2 rings (SSSR count). The van der Waals surface area contributed by atoms with Gasteiger partial charge < -0.3 is 10.5 Å². The molecule has 0 aliphatic carbocycles. The number of anilines is 1. The number of unbranched alkanes of at least 4 members (excludes halogenated alkanes) is 1. The summed E-state index contributed by atoms with van der Waals surface area (Å²) in [6.45, 7) is 4.04. The van der Waals surface area contributed by atoms with Gasteiger partial charge in [0, 0.05) is 22.9 Å². The highest BCUT2D eigenvalue weighted by atomic mass is 35.5. The summed E-state index contributed by atoms with van der Waals surface area (Å²) in [5.41, 5.74) is 7.27. The second kappa shape index (κ2) is 7.21. The number of tetrazole rings is 1. The predicted molar refractivity (Wildman–Crippen MR) is 78.4 cm³/mol. The first kappa shape index (κ1) is 14.7. The molecule has 2 N–H and O–H groups in total. The van der Waals surface area contributed by atoms with Crippen LogP contribution in [0.3, 0.4) is 0 Å². The smallest absolute Gasteiger partial charge is 0.184 e. The van der Waals surface area contributed by atoms with E-state index in [4.69, 9.17) is 22.1 Å². The number of benzene rings is 1. The number of nitrogens with zero attached hydrogens (tertiary/aromatic N) is 4. The van der Waals surface area contributed by atoms with Crippen molar-refractivity contribution in [3.8, 4) is 11.4 Å². The predicted octanol–water partition coefficient (Wildman–Crippen LogP) is 2.39. The second-order valence-corrected chi connectivity index (χ2v) is 4.86. The number of hydrogen-bond acceptors (Lipinski definition) is 5. The summed E-state index contributed by atoms with van der Waals surface area (Å²) in [4.78, 5) is 0. The lowest BCUT2D eigenvalue weighted by Crippen LogP contribution is -2.10. The van der Waals surface area contributed by atoms with Crippen LogP contribution in [0, 0.1) is 0 Å². The molecular formula is C13H18ClN5O. The van der Waals surface area contributed by atoms with Crippen molar-refractivity contribution in [1.82, 2.24) is 20.2 Å². The van der Waals surface area contributed by atoms with Crippen LogP contribution in [0.5, 0.6) is 0 Å². The summed E-state index contributed by atoms with van der Waals surface area (Å²) >= 11 is 5.99. The molecule has 1 heterocycles. The molecule has 6 nitrogen and oxygen atoms in total. The summed E-state index contributed by atoms with van der Waals surface area (Å²) in [5.74, 6) is 0.601. The van der Waals surface area contributed by atoms with Gasteiger partial charge in [0.1, 0.15) is 0 Å².